The monoisotopic (exact) mass is 309 g/mol. The Hall–Kier alpha value is -2.21. The summed E-state index contributed by atoms with van der Waals surface area (Å²) < 4.78 is 10.7. The first-order valence-corrected chi connectivity index (χ1v) is 6.82. The first-order valence-electron chi connectivity index (χ1n) is 6.44. The van der Waals surface area contributed by atoms with E-state index in [1.807, 2.05) is 24.3 Å². The lowest BCUT2D eigenvalue weighted by atomic mass is 10.3. The predicted molar refractivity (Wildman–Crippen MR) is 81.5 cm³/mol. The maximum atomic E-state index is 11.2. The van der Waals surface area contributed by atoms with Crippen LogP contribution in [0, 0.1) is 0 Å². The molecule has 0 spiro atoms. The molecule has 1 heterocycles. The fourth-order valence-corrected chi connectivity index (χ4v) is 1.82. The van der Waals surface area contributed by atoms with Gasteiger partial charge in [-0.1, -0.05) is 11.6 Å². The number of benzene rings is 1. The van der Waals surface area contributed by atoms with E-state index in [0.29, 0.717) is 18.8 Å². The third kappa shape index (κ3) is 4.39. The molecule has 0 unspecified atom stereocenters. The molecule has 0 bridgehead atoms. The van der Waals surface area contributed by atoms with Crippen molar-refractivity contribution in [2.24, 2.45) is 0 Å². The van der Waals surface area contributed by atoms with Crippen molar-refractivity contribution >= 4 is 17.3 Å². The minimum atomic E-state index is -0.406. The standard InChI is InChI=1S/C14H16ClN3O3/c1-20-10-3-5-11(6-4-10)21-8-2-7-16-12-9-17-18-14(19)13(12)15/h3-6,9H,2,7-8H2,1H3,(H2,16,18,19). The summed E-state index contributed by atoms with van der Waals surface area (Å²) in [6, 6.07) is 7.39. The third-order valence-corrected chi connectivity index (χ3v) is 3.14. The number of anilines is 1. The fraction of sp³-hybridized carbons (Fsp3) is 0.286. The van der Waals surface area contributed by atoms with E-state index in [9.17, 15) is 4.79 Å². The molecule has 0 amide bonds. The summed E-state index contributed by atoms with van der Waals surface area (Å²) in [5, 5.41) is 9.10. The van der Waals surface area contributed by atoms with Gasteiger partial charge in [0.05, 0.1) is 25.6 Å². The first-order chi connectivity index (χ1) is 10.2. The van der Waals surface area contributed by atoms with Crippen molar-refractivity contribution in [1.29, 1.82) is 0 Å². The summed E-state index contributed by atoms with van der Waals surface area (Å²) in [7, 11) is 1.62. The highest BCUT2D eigenvalue weighted by atomic mass is 35.5. The van der Waals surface area contributed by atoms with Gasteiger partial charge in [0.2, 0.25) is 0 Å². The first kappa shape index (κ1) is 15.2. The molecule has 0 aliphatic rings. The van der Waals surface area contributed by atoms with E-state index in [0.717, 1.165) is 17.9 Å². The zero-order valence-electron chi connectivity index (χ0n) is 11.6. The number of H-pyrrole nitrogens is 1. The van der Waals surface area contributed by atoms with Crippen LogP contribution in [-0.2, 0) is 0 Å². The molecular formula is C14H16ClN3O3. The van der Waals surface area contributed by atoms with Crippen LogP contribution in [0.25, 0.3) is 0 Å². The molecule has 2 N–H and O–H groups in total. The smallest absolute Gasteiger partial charge is 0.285 e. The highest BCUT2D eigenvalue weighted by Gasteiger charge is 2.03. The molecule has 112 valence electrons. The van der Waals surface area contributed by atoms with Crippen LogP contribution >= 0.6 is 11.6 Å². The van der Waals surface area contributed by atoms with Gasteiger partial charge in [0.1, 0.15) is 16.5 Å². The Morgan fingerprint density at radius 2 is 2.00 bits per heavy atom. The topological polar surface area (TPSA) is 76.2 Å². The van der Waals surface area contributed by atoms with E-state index < -0.39 is 5.56 Å². The molecular weight excluding hydrogens is 294 g/mol. The largest absolute Gasteiger partial charge is 0.497 e. The van der Waals surface area contributed by atoms with Gasteiger partial charge in [0.25, 0.3) is 5.56 Å². The molecule has 0 fully saturated rings. The van der Waals surface area contributed by atoms with Gasteiger partial charge in [0, 0.05) is 6.54 Å². The summed E-state index contributed by atoms with van der Waals surface area (Å²) in [5.41, 5.74) is 0.112. The Morgan fingerprint density at radius 1 is 1.29 bits per heavy atom. The molecule has 7 heteroatoms. The molecule has 0 radical (unpaired) electrons. The summed E-state index contributed by atoms with van der Waals surface area (Å²) in [6.07, 6.45) is 2.24. The van der Waals surface area contributed by atoms with Crippen LogP contribution in [-0.4, -0.2) is 30.5 Å². The van der Waals surface area contributed by atoms with E-state index in [-0.39, 0.29) is 5.02 Å². The van der Waals surface area contributed by atoms with Gasteiger partial charge in [-0.3, -0.25) is 4.79 Å². The average molecular weight is 310 g/mol. The number of hydrogen-bond acceptors (Lipinski definition) is 5. The van der Waals surface area contributed by atoms with E-state index >= 15 is 0 Å². The van der Waals surface area contributed by atoms with Crippen molar-refractivity contribution in [1.82, 2.24) is 10.2 Å². The van der Waals surface area contributed by atoms with Crippen molar-refractivity contribution in [2.75, 3.05) is 25.6 Å². The quantitative estimate of drug-likeness (QED) is 0.768. The van der Waals surface area contributed by atoms with Gasteiger partial charge in [0.15, 0.2) is 0 Å². The highest BCUT2D eigenvalue weighted by molar-refractivity contribution is 6.32. The van der Waals surface area contributed by atoms with Crippen molar-refractivity contribution in [3.05, 3.63) is 45.8 Å². The Labute approximate surface area is 127 Å². The molecule has 1 aromatic heterocycles. The zero-order chi connectivity index (χ0) is 15.1. The van der Waals surface area contributed by atoms with Crippen LogP contribution in [0.2, 0.25) is 5.02 Å². The summed E-state index contributed by atoms with van der Waals surface area (Å²) >= 11 is 5.84. The molecule has 0 atom stereocenters. The van der Waals surface area contributed by atoms with Crippen molar-refractivity contribution in [3.8, 4) is 11.5 Å². The van der Waals surface area contributed by atoms with Crippen LogP contribution < -0.4 is 20.3 Å². The number of halogens is 1. The van der Waals surface area contributed by atoms with Gasteiger partial charge in [-0.15, -0.1) is 0 Å². The van der Waals surface area contributed by atoms with E-state index in [4.69, 9.17) is 21.1 Å². The number of aromatic nitrogens is 2. The van der Waals surface area contributed by atoms with Crippen molar-refractivity contribution < 1.29 is 9.47 Å². The minimum absolute atomic E-state index is 0.112. The zero-order valence-corrected chi connectivity index (χ0v) is 12.3. The normalized spacial score (nSPS) is 10.2. The third-order valence-electron chi connectivity index (χ3n) is 2.76. The second-order valence-electron chi connectivity index (χ2n) is 4.23. The van der Waals surface area contributed by atoms with Crippen LogP contribution in [0.4, 0.5) is 5.69 Å². The second-order valence-corrected chi connectivity index (χ2v) is 4.61. The number of rotatable bonds is 7. The van der Waals surface area contributed by atoms with Crippen LogP contribution in [0.5, 0.6) is 11.5 Å². The molecule has 1 aromatic carbocycles. The molecule has 0 aliphatic heterocycles. The fourth-order valence-electron chi connectivity index (χ4n) is 1.66. The number of nitrogens with one attached hydrogen (secondary N) is 2. The van der Waals surface area contributed by atoms with Crippen molar-refractivity contribution in [2.45, 2.75) is 6.42 Å². The van der Waals surface area contributed by atoms with Crippen LogP contribution in [0.1, 0.15) is 6.42 Å². The van der Waals surface area contributed by atoms with Crippen molar-refractivity contribution in [3.63, 3.8) is 0 Å². The Bertz CT molecular complexity index is 628. The molecule has 0 saturated carbocycles. The highest BCUT2D eigenvalue weighted by Crippen LogP contribution is 2.17. The summed E-state index contributed by atoms with van der Waals surface area (Å²) in [5.74, 6) is 1.58. The molecule has 6 nitrogen and oxygen atoms in total. The molecule has 2 aromatic rings. The number of hydrogen-bond donors (Lipinski definition) is 2. The summed E-state index contributed by atoms with van der Waals surface area (Å²) in [4.78, 5) is 11.2. The number of methoxy groups -OCH3 is 1. The number of nitrogens with zero attached hydrogens (tertiary/aromatic N) is 1. The number of aromatic amines is 1. The molecule has 0 saturated heterocycles. The lowest BCUT2D eigenvalue weighted by molar-refractivity contribution is 0.314. The van der Waals surface area contributed by atoms with E-state index in [1.165, 1.54) is 6.20 Å². The van der Waals surface area contributed by atoms with Gasteiger partial charge in [-0.25, -0.2) is 5.10 Å². The predicted octanol–water partition coefficient (Wildman–Crippen LogP) is 2.31. The van der Waals surface area contributed by atoms with Crippen LogP contribution in [0.3, 0.4) is 0 Å². The average Bonchev–Trinajstić information content (AvgIpc) is 2.51. The van der Waals surface area contributed by atoms with Gasteiger partial charge < -0.3 is 14.8 Å². The number of ether oxygens (including phenoxy) is 2. The van der Waals surface area contributed by atoms with Gasteiger partial charge in [-0.2, -0.15) is 5.10 Å². The van der Waals surface area contributed by atoms with E-state index in [1.54, 1.807) is 7.11 Å². The van der Waals surface area contributed by atoms with Gasteiger partial charge in [-0.05, 0) is 30.7 Å². The Kier molecular flexibility index (Phi) is 5.45. The summed E-state index contributed by atoms with van der Waals surface area (Å²) in [6.45, 7) is 1.18. The minimum Gasteiger partial charge on any atom is -0.497 e. The Balaban J connectivity index is 1.72. The van der Waals surface area contributed by atoms with Gasteiger partial charge >= 0.3 is 0 Å². The van der Waals surface area contributed by atoms with Crippen LogP contribution in [0.15, 0.2) is 35.3 Å². The lowest BCUT2D eigenvalue weighted by Gasteiger charge is -2.09. The molecule has 0 aliphatic carbocycles. The molecule has 2 rings (SSSR count). The maximum Gasteiger partial charge on any atom is 0.285 e. The lowest BCUT2D eigenvalue weighted by Crippen LogP contribution is -2.13. The second kappa shape index (κ2) is 7.54. The molecule has 21 heavy (non-hydrogen) atoms. The maximum absolute atomic E-state index is 11.2. The van der Waals surface area contributed by atoms with E-state index in [2.05, 4.69) is 15.5 Å². The SMILES string of the molecule is COc1ccc(OCCCNc2cn[nH]c(=O)c2Cl)cc1. The Morgan fingerprint density at radius 3 is 2.71 bits per heavy atom.